The van der Waals surface area contributed by atoms with Crippen molar-refractivity contribution in [2.75, 3.05) is 5.75 Å². The van der Waals surface area contributed by atoms with Gasteiger partial charge in [0, 0.05) is 16.9 Å². The molecular weight excluding hydrogens is 356 g/mol. The van der Waals surface area contributed by atoms with Crippen molar-refractivity contribution < 1.29 is 4.79 Å². The van der Waals surface area contributed by atoms with Gasteiger partial charge in [-0.2, -0.15) is 0 Å². The number of thioether (sulfide) groups is 1. The average molecular weight is 383 g/mol. The number of hydrogen-bond acceptors (Lipinski definition) is 5. The zero-order valence-electron chi connectivity index (χ0n) is 16.1. The van der Waals surface area contributed by atoms with Gasteiger partial charge in [0.15, 0.2) is 5.17 Å². The molecule has 1 aliphatic carbocycles. The summed E-state index contributed by atoms with van der Waals surface area (Å²) < 4.78 is 0. The van der Waals surface area contributed by atoms with Crippen LogP contribution in [0.25, 0.3) is 5.70 Å². The summed E-state index contributed by atoms with van der Waals surface area (Å²) in [5.41, 5.74) is 2.07. The maximum Gasteiger partial charge on any atom is 0.276 e. The second-order valence-corrected chi connectivity index (χ2v) is 8.68. The van der Waals surface area contributed by atoms with E-state index in [2.05, 4.69) is 32.2 Å². The third-order valence-corrected chi connectivity index (χ3v) is 6.55. The van der Waals surface area contributed by atoms with Crippen molar-refractivity contribution in [3.8, 4) is 0 Å². The highest BCUT2D eigenvalue weighted by Crippen LogP contribution is 2.36. The predicted octanol–water partition coefficient (Wildman–Crippen LogP) is 2.59. The van der Waals surface area contributed by atoms with Crippen molar-refractivity contribution in [2.24, 2.45) is 21.9 Å². The van der Waals surface area contributed by atoms with Crippen LogP contribution in [0.2, 0.25) is 0 Å². The highest BCUT2D eigenvalue weighted by Gasteiger charge is 2.39. The van der Waals surface area contributed by atoms with Gasteiger partial charge in [-0.1, -0.05) is 55.5 Å². The van der Waals surface area contributed by atoms with Crippen LogP contribution in [-0.2, 0) is 4.79 Å². The first-order valence-corrected chi connectivity index (χ1v) is 10.7. The molecular formula is C21H26N4OS. The van der Waals surface area contributed by atoms with Crippen LogP contribution in [-0.4, -0.2) is 28.0 Å². The maximum absolute atomic E-state index is 13.0. The fourth-order valence-corrected chi connectivity index (χ4v) is 4.83. The van der Waals surface area contributed by atoms with Gasteiger partial charge >= 0.3 is 0 Å². The van der Waals surface area contributed by atoms with Crippen LogP contribution < -0.4 is 15.9 Å². The van der Waals surface area contributed by atoms with Crippen molar-refractivity contribution in [1.29, 1.82) is 0 Å². The molecule has 5 nitrogen and oxygen atoms in total. The Morgan fingerprint density at radius 3 is 2.93 bits per heavy atom. The Hall–Kier alpha value is -2.08. The zero-order chi connectivity index (χ0) is 19.0. The summed E-state index contributed by atoms with van der Waals surface area (Å²) >= 11 is 1.60. The van der Waals surface area contributed by atoms with Crippen molar-refractivity contribution in [3.63, 3.8) is 0 Å². The van der Waals surface area contributed by atoms with Gasteiger partial charge in [0.25, 0.3) is 5.91 Å². The van der Waals surface area contributed by atoms with Gasteiger partial charge in [0.2, 0.25) is 0 Å². The third kappa shape index (κ3) is 3.43. The molecule has 2 heterocycles. The highest BCUT2D eigenvalue weighted by molar-refractivity contribution is 8.13. The Bertz CT molecular complexity index is 936. The SMILES string of the molecule is CCCSC1=NN2C(=c3ccccc3=NC2C2CC=C(C)CC2C)C(=O)N1. The largest absolute Gasteiger partial charge is 0.298 e. The van der Waals surface area contributed by atoms with Crippen molar-refractivity contribution in [1.82, 2.24) is 10.3 Å². The molecule has 0 spiro atoms. The zero-order valence-corrected chi connectivity index (χ0v) is 16.9. The van der Waals surface area contributed by atoms with E-state index in [1.165, 1.54) is 5.57 Å². The van der Waals surface area contributed by atoms with Crippen LogP contribution in [0.5, 0.6) is 0 Å². The Balaban J connectivity index is 1.82. The molecule has 0 fully saturated rings. The van der Waals surface area contributed by atoms with E-state index in [1.807, 2.05) is 29.3 Å². The van der Waals surface area contributed by atoms with Crippen LogP contribution in [0.1, 0.15) is 40.0 Å². The molecule has 1 aromatic carbocycles. The van der Waals surface area contributed by atoms with E-state index in [1.54, 1.807) is 11.8 Å². The smallest absolute Gasteiger partial charge is 0.276 e. The molecule has 0 radical (unpaired) electrons. The number of amides is 1. The van der Waals surface area contributed by atoms with Gasteiger partial charge in [0.05, 0.1) is 5.36 Å². The molecule has 1 aromatic rings. The summed E-state index contributed by atoms with van der Waals surface area (Å²) in [7, 11) is 0. The quantitative estimate of drug-likeness (QED) is 0.818. The minimum absolute atomic E-state index is 0.0776. The Kier molecular flexibility index (Phi) is 5.08. The standard InChI is InChI=1S/C21H26N4OS/c1-4-11-27-21-23-20(26)18-16-7-5-6-8-17(16)22-19(25(18)24-21)15-10-9-13(2)12-14(15)3/h5-9,14-15,19H,4,10-12H2,1-3H3,(H,23,24,26). The fraction of sp³-hybridized carbons (Fsp3) is 0.476. The third-order valence-electron chi connectivity index (χ3n) is 5.48. The predicted molar refractivity (Wildman–Crippen MR) is 110 cm³/mol. The van der Waals surface area contributed by atoms with Gasteiger partial charge in [-0.25, -0.2) is 5.01 Å². The molecule has 3 unspecified atom stereocenters. The molecule has 3 aliphatic rings. The molecule has 142 valence electrons. The summed E-state index contributed by atoms with van der Waals surface area (Å²) in [6, 6.07) is 7.90. The molecule has 0 aromatic heterocycles. The minimum Gasteiger partial charge on any atom is -0.298 e. The highest BCUT2D eigenvalue weighted by atomic mass is 32.2. The van der Waals surface area contributed by atoms with Gasteiger partial charge in [0.1, 0.15) is 11.9 Å². The Labute approximate surface area is 164 Å². The van der Waals surface area contributed by atoms with E-state index in [4.69, 9.17) is 10.1 Å². The van der Waals surface area contributed by atoms with E-state index < -0.39 is 0 Å². The number of nitrogens with one attached hydrogen (secondary N) is 1. The van der Waals surface area contributed by atoms with Crippen LogP contribution in [0.3, 0.4) is 0 Å². The van der Waals surface area contributed by atoms with Crippen LogP contribution >= 0.6 is 11.8 Å². The van der Waals surface area contributed by atoms with E-state index in [0.717, 1.165) is 35.6 Å². The second-order valence-electron chi connectivity index (χ2n) is 7.59. The average Bonchev–Trinajstić information content (AvgIpc) is 2.65. The topological polar surface area (TPSA) is 57.1 Å². The number of fused-ring (bicyclic) bond motifs is 2. The normalized spacial score (nSPS) is 27.1. The van der Waals surface area contributed by atoms with Gasteiger partial charge in [-0.3, -0.25) is 15.1 Å². The van der Waals surface area contributed by atoms with E-state index in [-0.39, 0.29) is 12.1 Å². The van der Waals surface area contributed by atoms with Crippen molar-refractivity contribution >= 4 is 28.5 Å². The molecule has 27 heavy (non-hydrogen) atoms. The summed E-state index contributed by atoms with van der Waals surface area (Å²) in [5, 5.41) is 12.1. The summed E-state index contributed by atoms with van der Waals surface area (Å²) in [5.74, 6) is 1.69. The lowest BCUT2D eigenvalue weighted by Gasteiger charge is -2.40. The molecule has 1 amide bonds. The monoisotopic (exact) mass is 382 g/mol. The number of benzene rings is 1. The number of hydrazone groups is 1. The van der Waals surface area contributed by atoms with E-state index >= 15 is 0 Å². The van der Waals surface area contributed by atoms with Gasteiger partial charge in [-0.05, 0) is 38.2 Å². The first-order valence-electron chi connectivity index (χ1n) is 9.73. The molecule has 3 atom stereocenters. The Morgan fingerprint density at radius 1 is 1.33 bits per heavy atom. The summed E-state index contributed by atoms with van der Waals surface area (Å²) in [4.78, 5) is 18.0. The first kappa shape index (κ1) is 18.3. The lowest BCUT2D eigenvalue weighted by Crippen LogP contribution is -2.55. The van der Waals surface area contributed by atoms with E-state index in [9.17, 15) is 4.79 Å². The van der Waals surface area contributed by atoms with Crippen molar-refractivity contribution in [3.05, 3.63) is 46.5 Å². The number of para-hydroxylation sites is 1. The number of hydrogen-bond donors (Lipinski definition) is 1. The maximum atomic E-state index is 13.0. The fourth-order valence-electron chi connectivity index (χ4n) is 4.12. The molecule has 4 rings (SSSR count). The summed E-state index contributed by atoms with van der Waals surface area (Å²) in [6.07, 6.45) is 5.27. The van der Waals surface area contributed by atoms with Gasteiger partial charge < -0.3 is 0 Å². The van der Waals surface area contributed by atoms with E-state index in [0.29, 0.717) is 22.7 Å². The van der Waals surface area contributed by atoms with Gasteiger partial charge in [-0.15, -0.1) is 5.10 Å². The molecule has 1 N–H and O–H groups in total. The molecule has 0 bridgehead atoms. The lowest BCUT2D eigenvalue weighted by molar-refractivity contribution is -0.116. The number of amidine groups is 1. The molecule has 2 aliphatic heterocycles. The Morgan fingerprint density at radius 2 is 2.15 bits per heavy atom. The van der Waals surface area contributed by atoms with Crippen LogP contribution in [0, 0.1) is 11.8 Å². The lowest BCUT2D eigenvalue weighted by atomic mass is 9.79. The number of carbonyl (C=O) groups excluding carboxylic acids is 1. The molecule has 6 heteroatoms. The molecule has 0 saturated heterocycles. The number of carbonyl (C=O) groups is 1. The van der Waals surface area contributed by atoms with Crippen molar-refractivity contribution in [2.45, 2.75) is 46.2 Å². The van der Waals surface area contributed by atoms with Crippen LogP contribution in [0.4, 0.5) is 0 Å². The van der Waals surface area contributed by atoms with Crippen LogP contribution in [0.15, 0.2) is 46.0 Å². The first-order chi connectivity index (χ1) is 13.1. The minimum atomic E-state index is -0.141. The number of nitrogens with zero attached hydrogens (tertiary/aromatic N) is 3. The summed E-state index contributed by atoms with van der Waals surface area (Å²) in [6.45, 7) is 6.62. The molecule has 0 saturated carbocycles. The number of rotatable bonds is 3. The number of allylic oxidation sites excluding steroid dienone is 2. The second kappa shape index (κ2) is 7.50.